The molecule has 0 aliphatic carbocycles. The Kier molecular flexibility index (Phi) is 11.1. The second-order valence-corrected chi connectivity index (χ2v) is 18.2. The summed E-state index contributed by atoms with van der Waals surface area (Å²) >= 11 is 0. The second kappa shape index (κ2) is 16.5. The third-order valence-corrected chi connectivity index (χ3v) is 11.4. The number of anilines is 6. The first-order valence-electron chi connectivity index (χ1n) is 21.2. The highest BCUT2D eigenvalue weighted by molar-refractivity contribution is 5.88. The van der Waals surface area contributed by atoms with Crippen molar-refractivity contribution in [2.75, 3.05) is 9.80 Å². The van der Waals surface area contributed by atoms with E-state index in [0.717, 1.165) is 39.7 Å². The van der Waals surface area contributed by atoms with E-state index in [-0.39, 0.29) is 10.8 Å². The van der Waals surface area contributed by atoms with Crippen molar-refractivity contribution in [2.24, 2.45) is 0 Å². The van der Waals surface area contributed by atoms with Gasteiger partial charge >= 0.3 is 0 Å². The molecule has 0 aromatic heterocycles. The SMILES string of the molecule is Cc1cc(C)cc(-c2cc(N(c3ccc(-c4ccccc4)cc3)c3ccc(C(C)(C)C)cc3)cc(N(c3ccc(-c4ccccc4)cc3)c3ccc(C(C)(C)C)cc3)c2)c1. The summed E-state index contributed by atoms with van der Waals surface area (Å²) in [6.45, 7) is 18.0. The van der Waals surface area contributed by atoms with E-state index in [0.29, 0.717) is 0 Å². The molecule has 0 aliphatic heterocycles. The zero-order valence-electron chi connectivity index (χ0n) is 36.4. The number of hydrogen-bond donors (Lipinski definition) is 0. The van der Waals surface area contributed by atoms with Crippen LogP contribution in [0.4, 0.5) is 34.1 Å². The Balaban J connectivity index is 1.36. The van der Waals surface area contributed by atoms with Crippen molar-refractivity contribution in [3.8, 4) is 33.4 Å². The normalized spacial score (nSPS) is 11.7. The monoisotopic (exact) mass is 780 g/mol. The van der Waals surface area contributed by atoms with Crippen molar-refractivity contribution in [2.45, 2.75) is 66.2 Å². The van der Waals surface area contributed by atoms with E-state index in [4.69, 9.17) is 0 Å². The van der Waals surface area contributed by atoms with Gasteiger partial charge in [0.2, 0.25) is 0 Å². The quantitative estimate of drug-likeness (QED) is 0.144. The molecule has 0 amide bonds. The third kappa shape index (κ3) is 8.84. The molecular formula is C58H56N2. The second-order valence-electron chi connectivity index (χ2n) is 18.2. The predicted octanol–water partition coefficient (Wildman–Crippen LogP) is 16.8. The molecule has 0 spiro atoms. The molecule has 2 nitrogen and oxygen atoms in total. The number of nitrogens with zero attached hydrogens (tertiary/aromatic N) is 2. The molecule has 2 heteroatoms. The summed E-state index contributed by atoms with van der Waals surface area (Å²) < 4.78 is 0. The highest BCUT2D eigenvalue weighted by Gasteiger charge is 2.22. The Labute approximate surface area is 358 Å². The van der Waals surface area contributed by atoms with E-state index >= 15 is 0 Å². The summed E-state index contributed by atoms with van der Waals surface area (Å²) in [6, 6.07) is 71.4. The molecule has 8 rings (SSSR count). The maximum absolute atomic E-state index is 2.41. The first kappa shape index (κ1) is 40.2. The molecule has 0 unspecified atom stereocenters. The van der Waals surface area contributed by atoms with Gasteiger partial charge in [0.25, 0.3) is 0 Å². The fourth-order valence-electron chi connectivity index (χ4n) is 8.14. The minimum atomic E-state index is 0.0376. The van der Waals surface area contributed by atoms with E-state index in [1.807, 2.05) is 0 Å². The summed E-state index contributed by atoms with van der Waals surface area (Å²) in [5.41, 5.74) is 18.9. The molecule has 0 saturated heterocycles. The molecule has 0 radical (unpaired) electrons. The highest BCUT2D eigenvalue weighted by Crippen LogP contribution is 2.45. The average molecular weight is 781 g/mol. The van der Waals surface area contributed by atoms with Gasteiger partial charge in [-0.05, 0) is 136 Å². The van der Waals surface area contributed by atoms with Gasteiger partial charge in [-0.25, -0.2) is 0 Å². The minimum absolute atomic E-state index is 0.0376. The average Bonchev–Trinajstić information content (AvgIpc) is 3.24. The van der Waals surface area contributed by atoms with Crippen LogP contribution >= 0.6 is 0 Å². The molecule has 0 N–H and O–H groups in total. The van der Waals surface area contributed by atoms with Crippen LogP contribution < -0.4 is 9.80 Å². The molecule has 0 saturated carbocycles. The molecule has 0 bridgehead atoms. The van der Waals surface area contributed by atoms with Gasteiger partial charge in [0.1, 0.15) is 0 Å². The van der Waals surface area contributed by atoms with Crippen LogP contribution in [0, 0.1) is 13.8 Å². The van der Waals surface area contributed by atoms with Crippen LogP contribution in [0.1, 0.15) is 63.8 Å². The van der Waals surface area contributed by atoms with Gasteiger partial charge in [0, 0.05) is 34.1 Å². The van der Waals surface area contributed by atoms with Crippen molar-refractivity contribution in [1.29, 1.82) is 0 Å². The van der Waals surface area contributed by atoms with Crippen molar-refractivity contribution < 1.29 is 0 Å². The Morgan fingerprint density at radius 2 is 0.567 bits per heavy atom. The first-order chi connectivity index (χ1) is 28.8. The van der Waals surface area contributed by atoms with Gasteiger partial charge in [-0.15, -0.1) is 0 Å². The summed E-state index contributed by atoms with van der Waals surface area (Å²) in [6.07, 6.45) is 0. The standard InChI is InChI=1S/C58H56N2/c1-41-35-42(2)37-47(36-41)48-38-55(59(53-31-23-49(24-32-53)57(3,4)5)51-27-19-45(20-28-51)43-15-11-9-12-16-43)40-56(39-48)60(54-33-25-50(26-34-54)58(6,7)8)52-29-21-46(22-30-52)44-17-13-10-14-18-44/h9-40H,1-8H3. The van der Waals surface area contributed by atoms with E-state index in [2.05, 4.69) is 259 Å². The minimum Gasteiger partial charge on any atom is -0.310 e. The van der Waals surface area contributed by atoms with Crippen LogP contribution in [0.3, 0.4) is 0 Å². The van der Waals surface area contributed by atoms with Gasteiger partial charge in [0.05, 0.1) is 0 Å². The maximum atomic E-state index is 2.41. The lowest BCUT2D eigenvalue weighted by Crippen LogP contribution is -2.15. The summed E-state index contributed by atoms with van der Waals surface area (Å²) in [4.78, 5) is 4.83. The zero-order chi connectivity index (χ0) is 42.0. The predicted molar refractivity (Wildman–Crippen MR) is 259 cm³/mol. The molecule has 0 fully saturated rings. The van der Waals surface area contributed by atoms with E-state index in [1.54, 1.807) is 0 Å². The lowest BCUT2D eigenvalue weighted by atomic mass is 9.87. The lowest BCUT2D eigenvalue weighted by Gasteiger charge is -2.31. The number of aryl methyl sites for hydroxylation is 2. The van der Waals surface area contributed by atoms with Gasteiger partial charge in [-0.2, -0.15) is 0 Å². The van der Waals surface area contributed by atoms with Crippen LogP contribution in [-0.4, -0.2) is 0 Å². The number of hydrogen-bond acceptors (Lipinski definition) is 2. The van der Waals surface area contributed by atoms with Gasteiger partial charge in [0.15, 0.2) is 0 Å². The van der Waals surface area contributed by atoms with Crippen molar-refractivity contribution >= 4 is 34.1 Å². The Morgan fingerprint density at radius 3 is 0.900 bits per heavy atom. The maximum Gasteiger partial charge on any atom is 0.0488 e. The number of benzene rings is 8. The molecule has 0 aliphatic rings. The molecule has 8 aromatic carbocycles. The van der Waals surface area contributed by atoms with E-state index in [1.165, 1.54) is 50.1 Å². The molecule has 60 heavy (non-hydrogen) atoms. The molecule has 0 atom stereocenters. The smallest absolute Gasteiger partial charge is 0.0488 e. The van der Waals surface area contributed by atoms with Crippen molar-refractivity contribution in [1.82, 2.24) is 0 Å². The van der Waals surface area contributed by atoms with Crippen LogP contribution in [-0.2, 0) is 10.8 Å². The van der Waals surface area contributed by atoms with E-state index in [9.17, 15) is 0 Å². The lowest BCUT2D eigenvalue weighted by molar-refractivity contribution is 0.590. The van der Waals surface area contributed by atoms with Gasteiger partial charge in [-0.3, -0.25) is 0 Å². The van der Waals surface area contributed by atoms with Gasteiger partial charge in [-0.1, -0.05) is 180 Å². The summed E-state index contributed by atoms with van der Waals surface area (Å²) in [7, 11) is 0. The largest absolute Gasteiger partial charge is 0.310 e. The zero-order valence-corrected chi connectivity index (χ0v) is 36.4. The van der Waals surface area contributed by atoms with Gasteiger partial charge < -0.3 is 9.80 Å². The highest BCUT2D eigenvalue weighted by atomic mass is 15.2. The molecule has 298 valence electrons. The van der Waals surface area contributed by atoms with Crippen LogP contribution in [0.15, 0.2) is 194 Å². The Bertz CT molecular complexity index is 2500. The van der Waals surface area contributed by atoms with Crippen LogP contribution in [0.5, 0.6) is 0 Å². The van der Waals surface area contributed by atoms with Crippen molar-refractivity contribution in [3.63, 3.8) is 0 Å². The third-order valence-electron chi connectivity index (χ3n) is 11.4. The summed E-state index contributed by atoms with van der Waals surface area (Å²) in [5.74, 6) is 0. The Hall–Kier alpha value is -6.64. The molecule has 8 aromatic rings. The Morgan fingerprint density at radius 1 is 0.267 bits per heavy atom. The van der Waals surface area contributed by atoms with Crippen molar-refractivity contribution in [3.05, 3.63) is 216 Å². The number of rotatable bonds is 9. The fourth-order valence-corrected chi connectivity index (χ4v) is 8.14. The topological polar surface area (TPSA) is 6.48 Å². The van der Waals surface area contributed by atoms with Crippen LogP contribution in [0.25, 0.3) is 33.4 Å². The molecular weight excluding hydrogens is 725 g/mol. The fraction of sp³-hybridized carbons (Fsp3) is 0.172. The van der Waals surface area contributed by atoms with Crippen LogP contribution in [0.2, 0.25) is 0 Å². The molecule has 0 heterocycles. The first-order valence-corrected chi connectivity index (χ1v) is 21.2. The summed E-state index contributed by atoms with van der Waals surface area (Å²) in [5, 5.41) is 0. The van der Waals surface area contributed by atoms with E-state index < -0.39 is 0 Å².